The van der Waals surface area contributed by atoms with Crippen LogP contribution >= 0.6 is 0 Å². The second kappa shape index (κ2) is 35.0. The summed E-state index contributed by atoms with van der Waals surface area (Å²) in [5.74, 6) is 0. The Morgan fingerprint density at radius 3 is 0.740 bits per heavy atom. The Hall–Kier alpha value is -19.9. The summed E-state index contributed by atoms with van der Waals surface area (Å²) in [7, 11) is 0. The summed E-state index contributed by atoms with van der Waals surface area (Å²) < 4.78 is 14.6. The molecule has 6 heteroatoms. The van der Waals surface area contributed by atoms with Crippen LogP contribution in [0.15, 0.2) is 558 Å². The van der Waals surface area contributed by atoms with Crippen molar-refractivity contribution < 1.29 is 0 Å². The van der Waals surface area contributed by atoms with Gasteiger partial charge in [-0.25, -0.2) is 0 Å². The molecule has 0 amide bonds. The molecule has 0 atom stereocenters. The van der Waals surface area contributed by atoms with Gasteiger partial charge in [0.15, 0.2) is 0 Å². The van der Waals surface area contributed by atoms with Crippen molar-refractivity contribution in [2.24, 2.45) is 0 Å². The fourth-order valence-corrected chi connectivity index (χ4v) is 24.7. The van der Waals surface area contributed by atoms with E-state index in [1.165, 1.54) is 262 Å². The van der Waals surface area contributed by atoms with Crippen LogP contribution in [0, 0.1) is 0 Å². The van der Waals surface area contributed by atoms with E-state index in [0.29, 0.717) is 0 Å². The summed E-state index contributed by atoms with van der Waals surface area (Å²) in [5, 5.41) is 30.6. The van der Waals surface area contributed by atoms with Crippen molar-refractivity contribution in [2.75, 3.05) is 0 Å². The lowest BCUT2D eigenvalue weighted by molar-refractivity contribution is 1.18. The van der Waals surface area contributed by atoms with E-state index in [1.54, 1.807) is 0 Å². The zero-order valence-corrected chi connectivity index (χ0v) is 81.8. The Morgan fingerprint density at radius 1 is 0.100 bits per heavy atom. The van der Waals surface area contributed by atoms with E-state index in [-0.39, 0.29) is 0 Å². The van der Waals surface area contributed by atoms with Crippen LogP contribution in [0.3, 0.4) is 0 Å². The maximum absolute atomic E-state index is 2.48. The number of aromatic nitrogens is 6. The van der Waals surface area contributed by atoms with E-state index in [1.807, 2.05) is 0 Å². The first-order valence-corrected chi connectivity index (χ1v) is 51.7. The lowest BCUT2D eigenvalue weighted by atomic mass is 10.00. The zero-order valence-electron chi connectivity index (χ0n) is 81.8. The average molecular weight is 1910 g/mol. The standard InChI is InChI=1S/2C50H32N2.C44H28N2/c1-3-12-33(13-4-1)37-24-26-45-43(31-37)44-32-38(25-27-46(44)51(45)39-17-5-2-6-18-39)36-16-11-19-40(30-36)52-47-28-22-34-14-7-9-20-41(34)49(47)50-42-21-10-8-15-35(42)23-29-48(50)52;1-3-11-33(12-4-1)38-21-27-43-44-31-37(24-28-45(44)51(48(43)32-38)39-15-5-2-6-16-39)34-19-25-40(26-20-34)52-46-29-22-35-13-7-9-17-41(35)49(46)50-42-18-10-8-14-36(42)23-30-47(50)52;1-2-14-32(15-3-1)45-39-21-11-9-19-36(39)37-28-31(24-25-40(37)45)33-16-8-10-20-38(33)46-41-26-22-29-12-4-6-17-34(29)43(41)44-35-18-7-5-13-30(35)23-27-42(44)46/h2*1-32H;1-28H. The smallest absolute Gasteiger partial charge is 0.0548 e. The normalized spacial score (nSPS) is 11.9. The van der Waals surface area contributed by atoms with Gasteiger partial charge in [0.05, 0.1) is 71.9 Å². The Bertz CT molecular complexity index is 10800. The van der Waals surface area contributed by atoms with Crippen molar-refractivity contribution in [2.45, 2.75) is 0 Å². The molecule has 6 heterocycles. The van der Waals surface area contributed by atoms with Gasteiger partial charge in [-0.2, -0.15) is 0 Å². The topological polar surface area (TPSA) is 29.6 Å². The van der Waals surface area contributed by atoms with E-state index >= 15 is 0 Å². The molecule has 0 aliphatic heterocycles. The van der Waals surface area contributed by atoms with E-state index in [0.717, 1.165) is 22.7 Å². The minimum atomic E-state index is 1.15. The molecule has 0 aliphatic rings. The molecule has 26 aromatic carbocycles. The minimum Gasteiger partial charge on any atom is -0.309 e. The van der Waals surface area contributed by atoms with E-state index in [2.05, 4.69) is 586 Å². The fourth-order valence-electron chi connectivity index (χ4n) is 24.7. The quantitative estimate of drug-likeness (QED) is 0.124. The number of rotatable bonds is 11. The van der Waals surface area contributed by atoms with Crippen LogP contribution in [0.5, 0.6) is 0 Å². The second-order valence-electron chi connectivity index (χ2n) is 39.6. The van der Waals surface area contributed by atoms with Gasteiger partial charge >= 0.3 is 0 Å². The highest BCUT2D eigenvalue weighted by atomic mass is 15.0. The minimum absolute atomic E-state index is 1.15. The van der Waals surface area contributed by atoms with E-state index in [4.69, 9.17) is 0 Å². The number of nitrogens with zero attached hydrogens (tertiary/aromatic N) is 6. The van der Waals surface area contributed by atoms with Gasteiger partial charge in [0.1, 0.15) is 0 Å². The van der Waals surface area contributed by atoms with Crippen LogP contribution in [-0.4, -0.2) is 27.4 Å². The van der Waals surface area contributed by atoms with Gasteiger partial charge in [0.2, 0.25) is 0 Å². The highest BCUT2D eigenvalue weighted by molar-refractivity contribution is 6.32. The Kier molecular flexibility index (Phi) is 20.0. The van der Waals surface area contributed by atoms with Crippen molar-refractivity contribution in [3.05, 3.63) is 558 Å². The first-order chi connectivity index (χ1) is 74.4. The molecule has 6 aromatic heterocycles. The van der Waals surface area contributed by atoms with Crippen molar-refractivity contribution in [3.8, 4) is 89.8 Å². The third kappa shape index (κ3) is 13.8. The summed E-state index contributed by atoms with van der Waals surface area (Å²) >= 11 is 0. The van der Waals surface area contributed by atoms with Crippen LogP contribution in [0.4, 0.5) is 0 Å². The number of hydrogen-bond acceptors (Lipinski definition) is 0. The van der Waals surface area contributed by atoms with Crippen LogP contribution in [-0.2, 0) is 0 Å². The summed E-state index contributed by atoms with van der Waals surface area (Å²) in [4.78, 5) is 0. The Morgan fingerprint density at radius 2 is 0.333 bits per heavy atom. The summed E-state index contributed by atoms with van der Waals surface area (Å²) in [5.41, 5.74) is 33.7. The van der Waals surface area contributed by atoms with Crippen molar-refractivity contribution >= 4 is 195 Å². The third-order valence-corrected chi connectivity index (χ3v) is 31.5. The predicted molar refractivity (Wildman–Crippen MR) is 638 cm³/mol. The van der Waals surface area contributed by atoms with Gasteiger partial charge in [-0.15, -0.1) is 0 Å². The molecule has 0 saturated carbocycles. The molecule has 0 aliphatic carbocycles. The van der Waals surface area contributed by atoms with E-state index < -0.39 is 0 Å². The number of fused-ring (bicyclic) bond motifs is 30. The zero-order chi connectivity index (χ0) is 98.5. The first-order valence-electron chi connectivity index (χ1n) is 51.7. The fraction of sp³-hybridized carbons (Fsp3) is 0. The van der Waals surface area contributed by atoms with Gasteiger partial charge in [-0.1, -0.05) is 394 Å². The molecular weight excluding hydrogens is 1810 g/mol. The Balaban J connectivity index is 0.000000104. The number of hydrogen-bond donors (Lipinski definition) is 0. The summed E-state index contributed by atoms with van der Waals surface area (Å²) in [6.07, 6.45) is 0. The maximum atomic E-state index is 2.48. The molecule has 0 fully saturated rings. The van der Waals surface area contributed by atoms with Crippen molar-refractivity contribution in [3.63, 3.8) is 0 Å². The lowest BCUT2D eigenvalue weighted by Gasteiger charge is -2.15. The molecule has 32 aromatic rings. The van der Waals surface area contributed by atoms with Crippen molar-refractivity contribution in [1.29, 1.82) is 0 Å². The molecular formula is C144H92N6. The molecule has 6 nitrogen and oxygen atoms in total. The molecule has 0 radical (unpaired) electrons. The molecule has 150 heavy (non-hydrogen) atoms. The highest BCUT2D eigenvalue weighted by Crippen LogP contribution is 2.50. The molecule has 0 N–H and O–H groups in total. The summed E-state index contributed by atoms with van der Waals surface area (Å²) in [6.45, 7) is 0. The predicted octanol–water partition coefficient (Wildman–Crippen LogP) is 38.9. The Labute approximate surface area is 864 Å². The second-order valence-corrected chi connectivity index (χ2v) is 39.6. The van der Waals surface area contributed by atoms with Gasteiger partial charge in [0.25, 0.3) is 0 Å². The van der Waals surface area contributed by atoms with Crippen LogP contribution in [0.1, 0.15) is 0 Å². The average Bonchev–Trinajstić information content (AvgIpc) is 1.55. The van der Waals surface area contributed by atoms with E-state index in [9.17, 15) is 0 Å². The van der Waals surface area contributed by atoms with Gasteiger partial charge in [-0.05, 0) is 278 Å². The van der Waals surface area contributed by atoms with Crippen LogP contribution in [0.25, 0.3) is 285 Å². The molecule has 0 spiro atoms. The monoisotopic (exact) mass is 1900 g/mol. The molecule has 698 valence electrons. The van der Waals surface area contributed by atoms with Crippen LogP contribution < -0.4 is 0 Å². The highest BCUT2D eigenvalue weighted by Gasteiger charge is 2.27. The van der Waals surface area contributed by atoms with Crippen LogP contribution in [0.2, 0.25) is 0 Å². The van der Waals surface area contributed by atoms with Gasteiger partial charge < -0.3 is 27.4 Å². The lowest BCUT2D eigenvalue weighted by Crippen LogP contribution is -1.97. The number of benzene rings is 26. The van der Waals surface area contributed by atoms with Gasteiger partial charge in [-0.3, -0.25) is 0 Å². The van der Waals surface area contributed by atoms with Gasteiger partial charge in [0, 0.05) is 98.6 Å². The van der Waals surface area contributed by atoms with Crippen molar-refractivity contribution in [1.82, 2.24) is 27.4 Å². The molecule has 0 saturated heterocycles. The largest absolute Gasteiger partial charge is 0.309 e. The first kappa shape index (κ1) is 85.6. The number of para-hydroxylation sites is 5. The molecule has 32 rings (SSSR count). The SMILES string of the molecule is c1ccc(-c2ccc3c(c2)c2cc(-c4cccc(-n5c6ccc7ccccc7c6c6c7ccccc7ccc65)c4)ccc2n3-c2ccccc2)cc1.c1ccc(-c2ccc3c4cc(-c5ccc(-n6c7ccc8ccccc8c7c7c8ccccc8ccc76)cc5)ccc4n(-c4ccccc4)c3c2)cc1.c1ccc(-n2c3ccccc3c3cc(-c4ccccc4-n4c5ccc6ccccc6c5c5c6ccccc6ccc54)ccc32)cc1. The third-order valence-electron chi connectivity index (χ3n) is 31.5. The molecule has 0 unspecified atom stereocenters. The summed E-state index contributed by atoms with van der Waals surface area (Å²) in [6, 6.07) is 204. The maximum Gasteiger partial charge on any atom is 0.0548 e. The molecule has 0 bridgehead atoms.